The van der Waals surface area contributed by atoms with Gasteiger partial charge in [-0.05, 0) is 24.5 Å². The first kappa shape index (κ1) is 16.5. The van der Waals surface area contributed by atoms with Crippen LogP contribution in [-0.2, 0) is 5.75 Å². The summed E-state index contributed by atoms with van der Waals surface area (Å²) < 4.78 is 5.72. The Morgan fingerprint density at radius 2 is 2.08 bits per heavy atom. The third-order valence-electron chi connectivity index (χ3n) is 4.06. The van der Waals surface area contributed by atoms with E-state index >= 15 is 0 Å². The van der Waals surface area contributed by atoms with Crippen LogP contribution in [0.25, 0.3) is 0 Å². The fraction of sp³-hybridized carbons (Fsp3) is 0.438. The van der Waals surface area contributed by atoms with Crippen molar-refractivity contribution in [3.8, 4) is 6.07 Å². The van der Waals surface area contributed by atoms with E-state index < -0.39 is 4.92 Å². The zero-order chi connectivity index (χ0) is 16.9. The van der Waals surface area contributed by atoms with Gasteiger partial charge in [0.15, 0.2) is 0 Å². The van der Waals surface area contributed by atoms with Gasteiger partial charge in [0.25, 0.3) is 10.9 Å². The highest BCUT2D eigenvalue weighted by Crippen LogP contribution is 2.33. The first-order valence-corrected chi connectivity index (χ1v) is 8.79. The predicted molar refractivity (Wildman–Crippen MR) is 87.5 cm³/mol. The lowest BCUT2D eigenvalue weighted by atomic mass is 9.89. The fourth-order valence-electron chi connectivity index (χ4n) is 2.87. The molecule has 1 aliphatic rings. The van der Waals surface area contributed by atoms with E-state index in [1.807, 2.05) is 6.07 Å². The Labute approximate surface area is 143 Å². The van der Waals surface area contributed by atoms with Crippen molar-refractivity contribution in [3.05, 3.63) is 45.3 Å². The number of aromatic nitrogens is 2. The van der Waals surface area contributed by atoms with Crippen LogP contribution in [0.1, 0.15) is 55.0 Å². The zero-order valence-corrected chi connectivity index (χ0v) is 13.8. The number of benzene rings is 1. The average Bonchev–Trinajstić information content (AvgIpc) is 3.09. The molecule has 0 bridgehead atoms. The zero-order valence-electron chi connectivity index (χ0n) is 13.0. The van der Waals surface area contributed by atoms with E-state index in [4.69, 9.17) is 9.68 Å². The number of nitro benzene ring substituents is 1. The van der Waals surface area contributed by atoms with Crippen molar-refractivity contribution >= 4 is 17.4 Å². The number of non-ortho nitro benzene ring substituents is 1. The van der Waals surface area contributed by atoms with E-state index in [2.05, 4.69) is 10.2 Å². The lowest BCUT2D eigenvalue weighted by Gasteiger charge is -2.17. The minimum absolute atomic E-state index is 0.0851. The van der Waals surface area contributed by atoms with Crippen LogP contribution < -0.4 is 0 Å². The van der Waals surface area contributed by atoms with Crippen molar-refractivity contribution in [2.45, 2.75) is 49.0 Å². The van der Waals surface area contributed by atoms with Gasteiger partial charge in [-0.2, -0.15) is 5.26 Å². The van der Waals surface area contributed by atoms with Crippen molar-refractivity contribution in [1.82, 2.24) is 10.2 Å². The molecule has 0 aliphatic heterocycles. The number of nitrogens with zero attached hydrogens (tertiary/aromatic N) is 4. The summed E-state index contributed by atoms with van der Waals surface area (Å²) in [5, 5.41) is 28.5. The Morgan fingerprint density at radius 3 is 2.79 bits per heavy atom. The maximum Gasteiger partial charge on any atom is 0.276 e. The Bertz CT molecular complexity index is 778. The maximum atomic E-state index is 10.9. The molecule has 0 radical (unpaired) electrons. The Balaban J connectivity index is 1.67. The number of hydrogen-bond donors (Lipinski definition) is 0. The summed E-state index contributed by atoms with van der Waals surface area (Å²) in [6.07, 6.45) is 5.83. The average molecular weight is 344 g/mol. The van der Waals surface area contributed by atoms with E-state index in [0.29, 0.717) is 28.3 Å². The molecule has 2 aromatic rings. The van der Waals surface area contributed by atoms with Gasteiger partial charge in [0.05, 0.1) is 16.6 Å². The van der Waals surface area contributed by atoms with Gasteiger partial charge < -0.3 is 4.42 Å². The first-order chi connectivity index (χ1) is 11.7. The number of rotatable bonds is 5. The molecule has 0 atom stereocenters. The largest absolute Gasteiger partial charge is 0.416 e. The van der Waals surface area contributed by atoms with Crippen molar-refractivity contribution in [1.29, 1.82) is 5.26 Å². The molecule has 1 heterocycles. The molecule has 1 aromatic heterocycles. The number of nitro groups is 1. The van der Waals surface area contributed by atoms with Gasteiger partial charge in [0, 0.05) is 23.8 Å². The van der Waals surface area contributed by atoms with Gasteiger partial charge in [-0.15, -0.1) is 10.2 Å². The fourth-order valence-corrected chi connectivity index (χ4v) is 3.57. The highest BCUT2D eigenvalue weighted by atomic mass is 32.2. The molecule has 0 amide bonds. The Morgan fingerprint density at radius 1 is 1.29 bits per heavy atom. The van der Waals surface area contributed by atoms with Crippen molar-refractivity contribution < 1.29 is 9.34 Å². The third kappa shape index (κ3) is 3.92. The van der Waals surface area contributed by atoms with Gasteiger partial charge >= 0.3 is 0 Å². The van der Waals surface area contributed by atoms with Crippen LogP contribution in [-0.4, -0.2) is 15.1 Å². The van der Waals surface area contributed by atoms with Crippen LogP contribution in [0.4, 0.5) is 5.69 Å². The van der Waals surface area contributed by atoms with Crippen molar-refractivity contribution in [3.63, 3.8) is 0 Å². The third-order valence-corrected chi connectivity index (χ3v) is 4.95. The van der Waals surface area contributed by atoms with E-state index in [1.54, 1.807) is 6.07 Å². The monoisotopic (exact) mass is 344 g/mol. The van der Waals surface area contributed by atoms with Crippen LogP contribution >= 0.6 is 11.8 Å². The van der Waals surface area contributed by atoms with E-state index in [0.717, 1.165) is 12.8 Å². The smallest absolute Gasteiger partial charge is 0.276 e. The second-order valence-corrected chi connectivity index (χ2v) is 6.71. The van der Waals surface area contributed by atoms with Gasteiger partial charge in [0.1, 0.15) is 0 Å². The van der Waals surface area contributed by atoms with Crippen LogP contribution in [0.15, 0.2) is 27.8 Å². The lowest BCUT2D eigenvalue weighted by Crippen LogP contribution is -2.04. The lowest BCUT2D eigenvalue weighted by molar-refractivity contribution is -0.384. The van der Waals surface area contributed by atoms with Crippen molar-refractivity contribution in [2.75, 3.05) is 0 Å². The Hall–Kier alpha value is -2.40. The molecule has 0 unspecified atom stereocenters. The molecule has 1 fully saturated rings. The van der Waals surface area contributed by atoms with Crippen LogP contribution in [0.2, 0.25) is 0 Å². The van der Waals surface area contributed by atoms with Gasteiger partial charge in [-0.1, -0.05) is 31.0 Å². The number of nitriles is 1. The van der Waals surface area contributed by atoms with E-state index in [-0.39, 0.29) is 11.3 Å². The summed E-state index contributed by atoms with van der Waals surface area (Å²) in [6, 6.07) is 6.31. The molecule has 124 valence electrons. The predicted octanol–water partition coefficient (Wildman–Crippen LogP) is 4.19. The summed E-state index contributed by atoms with van der Waals surface area (Å²) in [4.78, 5) is 10.4. The summed E-state index contributed by atoms with van der Waals surface area (Å²) in [5.74, 6) is 1.47. The molecule has 1 saturated carbocycles. The van der Waals surface area contributed by atoms with Gasteiger partial charge in [-0.25, -0.2) is 0 Å². The van der Waals surface area contributed by atoms with Crippen LogP contribution in [0.5, 0.6) is 0 Å². The standard InChI is InChI=1S/C16H16N4O3S/c17-9-11-6-12(8-14(7-11)20(21)22)10-24-16-19-18-15(23-16)13-4-2-1-3-5-13/h6-8,13H,1-5,10H2. The number of hydrogen-bond acceptors (Lipinski definition) is 7. The summed E-state index contributed by atoms with van der Waals surface area (Å²) in [6.45, 7) is 0. The minimum atomic E-state index is -0.497. The highest BCUT2D eigenvalue weighted by molar-refractivity contribution is 7.98. The van der Waals surface area contributed by atoms with Gasteiger partial charge in [0.2, 0.25) is 5.89 Å². The quantitative estimate of drug-likeness (QED) is 0.455. The molecular formula is C16H16N4O3S. The van der Waals surface area contributed by atoms with Gasteiger partial charge in [-0.3, -0.25) is 10.1 Å². The molecule has 1 aliphatic carbocycles. The first-order valence-electron chi connectivity index (χ1n) is 7.80. The second kappa shape index (κ2) is 7.45. The SMILES string of the molecule is N#Cc1cc(CSc2nnc(C3CCCCC3)o2)cc([N+](=O)[O-])c1. The van der Waals surface area contributed by atoms with E-state index in [1.165, 1.54) is 43.2 Å². The minimum Gasteiger partial charge on any atom is -0.416 e. The molecule has 0 spiro atoms. The summed E-state index contributed by atoms with van der Waals surface area (Å²) in [5.41, 5.74) is 0.870. The molecule has 3 rings (SSSR count). The van der Waals surface area contributed by atoms with Crippen LogP contribution in [0.3, 0.4) is 0 Å². The molecule has 8 heteroatoms. The molecular weight excluding hydrogens is 328 g/mol. The molecule has 1 aromatic carbocycles. The summed E-state index contributed by atoms with van der Waals surface area (Å²) >= 11 is 1.33. The van der Waals surface area contributed by atoms with E-state index in [9.17, 15) is 10.1 Å². The maximum absolute atomic E-state index is 10.9. The molecule has 7 nitrogen and oxygen atoms in total. The summed E-state index contributed by atoms with van der Waals surface area (Å²) in [7, 11) is 0. The highest BCUT2D eigenvalue weighted by Gasteiger charge is 2.21. The topological polar surface area (TPSA) is 106 Å². The molecule has 0 N–H and O–H groups in total. The van der Waals surface area contributed by atoms with Crippen molar-refractivity contribution in [2.24, 2.45) is 0 Å². The molecule has 24 heavy (non-hydrogen) atoms. The molecule has 0 saturated heterocycles. The normalized spacial score (nSPS) is 15.1. The number of thioether (sulfide) groups is 1. The van der Waals surface area contributed by atoms with Crippen LogP contribution in [0, 0.1) is 21.4 Å². The Kier molecular flexibility index (Phi) is 5.11. The second-order valence-electron chi connectivity index (χ2n) is 5.79.